The fraction of sp³-hybridized carbons (Fsp3) is 0.588. The number of aromatic nitrogens is 2. The van der Waals surface area contributed by atoms with Crippen LogP contribution in [0.2, 0.25) is 0 Å². The average Bonchev–Trinajstić information content (AvgIpc) is 3.14. The summed E-state index contributed by atoms with van der Waals surface area (Å²) in [7, 11) is 2.01. The van der Waals surface area contributed by atoms with Gasteiger partial charge in [0.2, 0.25) is 0 Å². The molecule has 0 spiro atoms. The van der Waals surface area contributed by atoms with Crippen molar-refractivity contribution in [1.82, 2.24) is 9.55 Å². The lowest BCUT2D eigenvalue weighted by Crippen LogP contribution is -2.30. The summed E-state index contributed by atoms with van der Waals surface area (Å²) < 4.78 is 2.05. The Morgan fingerprint density at radius 3 is 2.81 bits per heavy atom. The molecule has 0 unspecified atom stereocenters. The van der Waals surface area contributed by atoms with Crippen LogP contribution in [0.25, 0.3) is 11.0 Å². The first-order valence-electron chi connectivity index (χ1n) is 8.03. The van der Waals surface area contributed by atoms with E-state index < -0.39 is 0 Å². The van der Waals surface area contributed by atoms with Gasteiger partial charge < -0.3 is 14.6 Å². The highest BCUT2D eigenvalue weighted by Gasteiger charge is 2.21. The van der Waals surface area contributed by atoms with Gasteiger partial charge in [0, 0.05) is 31.9 Å². The third-order valence-corrected chi connectivity index (χ3v) is 4.73. The molecular weight excluding hydrogens is 262 g/mol. The van der Waals surface area contributed by atoms with E-state index in [4.69, 9.17) is 4.98 Å². The molecule has 0 bridgehead atoms. The Hall–Kier alpha value is -1.55. The van der Waals surface area contributed by atoms with Crippen molar-refractivity contribution in [2.45, 2.75) is 39.2 Å². The standard InChI is InChI=1S/C17H25N3O/c1-3-20(11-13-6-4-5-7-13)17-14(12-21)10-16-15(18-17)8-9-19(16)2/h8-10,13,21H,3-7,11-12H2,1-2H3. The molecular formula is C17H25N3O. The van der Waals surface area contributed by atoms with Gasteiger partial charge >= 0.3 is 0 Å². The summed E-state index contributed by atoms with van der Waals surface area (Å²) in [5.74, 6) is 1.75. The third kappa shape index (κ3) is 2.77. The molecule has 21 heavy (non-hydrogen) atoms. The lowest BCUT2D eigenvalue weighted by atomic mass is 10.1. The minimum absolute atomic E-state index is 0.0462. The summed E-state index contributed by atoms with van der Waals surface area (Å²) in [5.41, 5.74) is 3.03. The zero-order chi connectivity index (χ0) is 14.8. The second-order valence-electron chi connectivity index (χ2n) is 6.15. The van der Waals surface area contributed by atoms with Crippen molar-refractivity contribution in [2.75, 3.05) is 18.0 Å². The van der Waals surface area contributed by atoms with Crippen LogP contribution in [0.4, 0.5) is 5.82 Å². The van der Waals surface area contributed by atoms with Crippen molar-refractivity contribution in [3.63, 3.8) is 0 Å². The summed E-state index contributed by atoms with van der Waals surface area (Å²) in [6, 6.07) is 4.12. The Labute approximate surface area is 126 Å². The van der Waals surface area contributed by atoms with E-state index in [2.05, 4.69) is 22.5 Å². The van der Waals surface area contributed by atoms with Crippen molar-refractivity contribution in [1.29, 1.82) is 0 Å². The summed E-state index contributed by atoms with van der Waals surface area (Å²) in [6.45, 7) is 4.22. The minimum atomic E-state index is 0.0462. The molecule has 2 aromatic heterocycles. The summed E-state index contributed by atoms with van der Waals surface area (Å²) in [5, 5.41) is 9.74. The Morgan fingerprint density at radius 1 is 1.38 bits per heavy atom. The number of pyridine rings is 1. The SMILES string of the molecule is CCN(CC1CCCC1)c1nc2ccn(C)c2cc1CO. The Balaban J connectivity index is 1.95. The molecule has 0 radical (unpaired) electrons. The van der Waals surface area contributed by atoms with Gasteiger partial charge in [-0.05, 0) is 37.8 Å². The molecule has 0 aliphatic heterocycles. The molecule has 114 valence electrons. The van der Waals surface area contributed by atoms with Crippen molar-refractivity contribution >= 4 is 16.9 Å². The van der Waals surface area contributed by atoms with Gasteiger partial charge in [0.15, 0.2) is 0 Å². The third-order valence-electron chi connectivity index (χ3n) is 4.73. The van der Waals surface area contributed by atoms with E-state index in [0.29, 0.717) is 0 Å². The van der Waals surface area contributed by atoms with Crippen LogP contribution in [0.1, 0.15) is 38.2 Å². The van der Waals surface area contributed by atoms with Gasteiger partial charge in [-0.1, -0.05) is 12.8 Å². The maximum Gasteiger partial charge on any atom is 0.134 e. The Bertz CT molecular complexity index is 614. The maximum absolute atomic E-state index is 9.74. The fourth-order valence-corrected chi connectivity index (χ4v) is 3.47. The molecule has 0 atom stereocenters. The number of hydrogen-bond donors (Lipinski definition) is 1. The Kier molecular flexibility index (Phi) is 4.15. The van der Waals surface area contributed by atoms with Gasteiger partial charge in [-0.3, -0.25) is 0 Å². The number of fused-ring (bicyclic) bond motifs is 1. The maximum atomic E-state index is 9.74. The minimum Gasteiger partial charge on any atom is -0.392 e. The summed E-state index contributed by atoms with van der Waals surface area (Å²) in [4.78, 5) is 7.17. The zero-order valence-corrected chi connectivity index (χ0v) is 13.0. The van der Waals surface area contributed by atoms with E-state index in [0.717, 1.165) is 41.4 Å². The van der Waals surface area contributed by atoms with Crippen molar-refractivity contribution < 1.29 is 5.11 Å². The largest absolute Gasteiger partial charge is 0.392 e. The van der Waals surface area contributed by atoms with Gasteiger partial charge in [-0.15, -0.1) is 0 Å². The molecule has 0 saturated heterocycles. The molecule has 2 aromatic rings. The van der Waals surface area contributed by atoms with Gasteiger partial charge in [0.25, 0.3) is 0 Å². The number of aliphatic hydroxyl groups excluding tert-OH is 1. The quantitative estimate of drug-likeness (QED) is 0.919. The second kappa shape index (κ2) is 6.06. The molecule has 1 saturated carbocycles. The number of hydrogen-bond acceptors (Lipinski definition) is 3. The summed E-state index contributed by atoms with van der Waals surface area (Å²) >= 11 is 0. The van der Waals surface area contributed by atoms with Crippen molar-refractivity contribution in [3.05, 3.63) is 23.9 Å². The number of nitrogens with zero attached hydrogens (tertiary/aromatic N) is 3. The first kappa shape index (κ1) is 14.4. The van der Waals surface area contributed by atoms with E-state index in [1.807, 2.05) is 19.3 Å². The molecule has 4 heteroatoms. The highest BCUT2D eigenvalue weighted by molar-refractivity contribution is 5.79. The number of aryl methyl sites for hydroxylation is 1. The molecule has 1 fully saturated rings. The molecule has 2 heterocycles. The van der Waals surface area contributed by atoms with Crippen LogP contribution in [-0.4, -0.2) is 27.7 Å². The van der Waals surface area contributed by atoms with E-state index >= 15 is 0 Å². The Morgan fingerprint density at radius 2 is 2.14 bits per heavy atom. The molecule has 1 N–H and O–H groups in total. The van der Waals surface area contributed by atoms with E-state index in [9.17, 15) is 5.11 Å². The van der Waals surface area contributed by atoms with E-state index in [1.54, 1.807) is 0 Å². The van der Waals surface area contributed by atoms with Crippen LogP contribution < -0.4 is 4.90 Å². The van der Waals surface area contributed by atoms with Gasteiger partial charge in [0.1, 0.15) is 5.82 Å². The molecule has 0 aromatic carbocycles. The van der Waals surface area contributed by atoms with Gasteiger partial charge in [-0.25, -0.2) is 4.98 Å². The average molecular weight is 287 g/mol. The predicted molar refractivity (Wildman–Crippen MR) is 86.5 cm³/mol. The lowest BCUT2D eigenvalue weighted by molar-refractivity contribution is 0.281. The highest BCUT2D eigenvalue weighted by Crippen LogP contribution is 2.29. The van der Waals surface area contributed by atoms with Crippen LogP contribution in [0, 0.1) is 5.92 Å². The second-order valence-corrected chi connectivity index (χ2v) is 6.15. The molecule has 4 nitrogen and oxygen atoms in total. The normalized spacial score (nSPS) is 16.0. The number of aliphatic hydroxyl groups is 1. The molecule has 1 aliphatic carbocycles. The smallest absolute Gasteiger partial charge is 0.134 e. The monoisotopic (exact) mass is 287 g/mol. The molecule has 0 amide bonds. The van der Waals surface area contributed by atoms with Crippen LogP contribution in [0.5, 0.6) is 0 Å². The zero-order valence-electron chi connectivity index (χ0n) is 13.0. The summed E-state index contributed by atoms with van der Waals surface area (Å²) in [6.07, 6.45) is 7.41. The van der Waals surface area contributed by atoms with Crippen LogP contribution >= 0.6 is 0 Å². The first-order chi connectivity index (χ1) is 10.2. The number of rotatable bonds is 5. The van der Waals surface area contributed by atoms with Gasteiger partial charge in [0.05, 0.1) is 17.6 Å². The van der Waals surface area contributed by atoms with E-state index in [-0.39, 0.29) is 6.61 Å². The van der Waals surface area contributed by atoms with Crippen LogP contribution in [0.3, 0.4) is 0 Å². The predicted octanol–water partition coefficient (Wildman–Crippen LogP) is 3.08. The van der Waals surface area contributed by atoms with Crippen LogP contribution in [-0.2, 0) is 13.7 Å². The molecule has 1 aliphatic rings. The van der Waals surface area contributed by atoms with Crippen LogP contribution in [0.15, 0.2) is 18.3 Å². The van der Waals surface area contributed by atoms with Crippen molar-refractivity contribution in [3.8, 4) is 0 Å². The number of anilines is 1. The lowest BCUT2D eigenvalue weighted by Gasteiger charge is -2.27. The van der Waals surface area contributed by atoms with E-state index in [1.165, 1.54) is 25.7 Å². The van der Waals surface area contributed by atoms with Crippen molar-refractivity contribution in [2.24, 2.45) is 13.0 Å². The topological polar surface area (TPSA) is 41.3 Å². The highest BCUT2D eigenvalue weighted by atomic mass is 16.3. The van der Waals surface area contributed by atoms with Gasteiger partial charge in [-0.2, -0.15) is 0 Å². The fourth-order valence-electron chi connectivity index (χ4n) is 3.47. The molecule has 3 rings (SSSR count). The first-order valence-corrected chi connectivity index (χ1v) is 8.03.